The average molecular weight is 247 g/mol. The molecule has 1 aromatic carbocycles. The second kappa shape index (κ2) is 3.92. The molecule has 0 radical (unpaired) electrons. The first-order valence-corrected chi connectivity index (χ1v) is 6.19. The molecular formula is C12H9NO3S. The highest BCUT2D eigenvalue weighted by atomic mass is 32.2. The van der Waals surface area contributed by atoms with E-state index in [1.165, 1.54) is 16.5 Å². The lowest BCUT2D eigenvalue weighted by Gasteiger charge is -2.03. The van der Waals surface area contributed by atoms with E-state index in [1.807, 2.05) is 23.9 Å². The van der Waals surface area contributed by atoms with Crippen molar-refractivity contribution in [3.63, 3.8) is 0 Å². The lowest BCUT2D eigenvalue weighted by Crippen LogP contribution is -1.92. The number of rotatable bonds is 2. The van der Waals surface area contributed by atoms with Gasteiger partial charge in [-0.3, -0.25) is 0 Å². The summed E-state index contributed by atoms with van der Waals surface area (Å²) in [6.07, 6.45) is 0.992. The Balaban J connectivity index is 2.09. The van der Waals surface area contributed by atoms with Gasteiger partial charge in [0.15, 0.2) is 0 Å². The predicted molar refractivity (Wildman–Crippen MR) is 63.3 cm³/mol. The third-order valence-corrected chi connectivity index (χ3v) is 3.84. The van der Waals surface area contributed by atoms with Gasteiger partial charge in [0.05, 0.1) is 0 Å². The highest BCUT2D eigenvalue weighted by Gasteiger charge is 2.19. The summed E-state index contributed by atoms with van der Waals surface area (Å²) in [5.74, 6) is -0.148. The lowest BCUT2D eigenvalue weighted by atomic mass is 10.0. The molecule has 5 heteroatoms. The van der Waals surface area contributed by atoms with Gasteiger partial charge in [-0.15, -0.1) is 11.8 Å². The molecule has 0 amide bonds. The summed E-state index contributed by atoms with van der Waals surface area (Å²) in [4.78, 5) is 12.0. The van der Waals surface area contributed by atoms with E-state index in [-0.39, 0.29) is 5.76 Å². The predicted octanol–water partition coefficient (Wildman–Crippen LogP) is 2.69. The fourth-order valence-corrected chi connectivity index (χ4v) is 3.05. The van der Waals surface area contributed by atoms with Gasteiger partial charge in [0.2, 0.25) is 5.76 Å². The smallest absolute Gasteiger partial charge is 0.374 e. The van der Waals surface area contributed by atoms with Crippen LogP contribution < -0.4 is 0 Å². The largest absolute Gasteiger partial charge is 0.475 e. The van der Waals surface area contributed by atoms with E-state index >= 15 is 0 Å². The van der Waals surface area contributed by atoms with Crippen LogP contribution in [-0.4, -0.2) is 22.0 Å². The highest BCUT2D eigenvalue weighted by Crippen LogP contribution is 2.37. The first kappa shape index (κ1) is 10.4. The van der Waals surface area contributed by atoms with Gasteiger partial charge >= 0.3 is 5.97 Å². The van der Waals surface area contributed by atoms with Gasteiger partial charge in [-0.05, 0) is 18.1 Å². The van der Waals surface area contributed by atoms with Crippen LogP contribution in [0.4, 0.5) is 0 Å². The molecule has 2 heterocycles. The first-order valence-electron chi connectivity index (χ1n) is 5.21. The maximum absolute atomic E-state index is 10.7. The van der Waals surface area contributed by atoms with Crippen LogP contribution in [0, 0.1) is 0 Å². The quantitative estimate of drug-likeness (QED) is 0.883. The zero-order chi connectivity index (χ0) is 11.8. The van der Waals surface area contributed by atoms with E-state index in [2.05, 4.69) is 11.2 Å². The monoisotopic (exact) mass is 247 g/mol. The van der Waals surface area contributed by atoms with Crippen LogP contribution >= 0.6 is 11.8 Å². The van der Waals surface area contributed by atoms with E-state index < -0.39 is 5.97 Å². The Morgan fingerprint density at radius 1 is 1.47 bits per heavy atom. The molecule has 1 N–H and O–H groups in total. The maximum atomic E-state index is 10.7. The number of benzene rings is 1. The fourth-order valence-electron chi connectivity index (χ4n) is 1.96. The number of aromatic carboxylic acids is 1. The minimum absolute atomic E-state index is 0.122. The molecule has 0 saturated heterocycles. The van der Waals surface area contributed by atoms with Gasteiger partial charge in [0.25, 0.3) is 0 Å². The van der Waals surface area contributed by atoms with Crippen molar-refractivity contribution in [2.24, 2.45) is 0 Å². The Labute approximate surface area is 102 Å². The zero-order valence-electron chi connectivity index (χ0n) is 8.84. The number of fused-ring (bicyclic) bond motifs is 1. The third-order valence-electron chi connectivity index (χ3n) is 2.74. The zero-order valence-corrected chi connectivity index (χ0v) is 9.66. The van der Waals surface area contributed by atoms with Crippen molar-refractivity contribution in [1.82, 2.24) is 5.16 Å². The van der Waals surface area contributed by atoms with Gasteiger partial charge in [-0.25, -0.2) is 4.79 Å². The molecule has 86 valence electrons. The van der Waals surface area contributed by atoms with Crippen molar-refractivity contribution in [2.45, 2.75) is 11.3 Å². The van der Waals surface area contributed by atoms with Crippen molar-refractivity contribution in [2.75, 3.05) is 5.75 Å². The second-order valence-corrected chi connectivity index (χ2v) is 4.90. The van der Waals surface area contributed by atoms with Crippen molar-refractivity contribution in [1.29, 1.82) is 0 Å². The molecule has 1 aromatic heterocycles. The van der Waals surface area contributed by atoms with Crippen molar-refractivity contribution in [3.8, 4) is 11.3 Å². The molecule has 0 unspecified atom stereocenters. The van der Waals surface area contributed by atoms with Crippen LogP contribution in [0.15, 0.2) is 33.7 Å². The maximum Gasteiger partial charge on any atom is 0.374 e. The molecule has 17 heavy (non-hydrogen) atoms. The molecule has 2 aromatic rings. The van der Waals surface area contributed by atoms with Crippen LogP contribution in [-0.2, 0) is 6.42 Å². The van der Waals surface area contributed by atoms with Gasteiger partial charge in [0, 0.05) is 22.3 Å². The lowest BCUT2D eigenvalue weighted by molar-refractivity contribution is 0.0652. The summed E-state index contributed by atoms with van der Waals surface area (Å²) in [5.41, 5.74) is 2.81. The van der Waals surface area contributed by atoms with Gasteiger partial charge in [-0.2, -0.15) is 0 Å². The van der Waals surface area contributed by atoms with Gasteiger partial charge in [0.1, 0.15) is 5.69 Å². The summed E-state index contributed by atoms with van der Waals surface area (Å²) >= 11 is 1.82. The minimum atomic E-state index is -1.09. The molecule has 0 fully saturated rings. The SMILES string of the molecule is O=C(O)c1cc(-c2cccc3c2CCS3)no1. The molecule has 1 aliphatic heterocycles. The number of carbonyl (C=O) groups is 1. The third kappa shape index (κ3) is 1.72. The summed E-state index contributed by atoms with van der Waals surface area (Å²) in [6.45, 7) is 0. The molecular weight excluding hydrogens is 238 g/mol. The highest BCUT2D eigenvalue weighted by molar-refractivity contribution is 7.99. The molecule has 0 atom stereocenters. The Morgan fingerprint density at radius 2 is 2.35 bits per heavy atom. The van der Waals surface area contributed by atoms with E-state index in [4.69, 9.17) is 9.63 Å². The van der Waals surface area contributed by atoms with E-state index in [0.29, 0.717) is 5.69 Å². The van der Waals surface area contributed by atoms with Crippen LogP contribution in [0.1, 0.15) is 16.1 Å². The second-order valence-electron chi connectivity index (χ2n) is 3.76. The number of carboxylic acids is 1. The fraction of sp³-hybridized carbons (Fsp3) is 0.167. The van der Waals surface area contributed by atoms with Crippen molar-refractivity contribution >= 4 is 17.7 Å². The Bertz CT molecular complexity index is 591. The van der Waals surface area contributed by atoms with Gasteiger partial charge < -0.3 is 9.63 Å². The number of hydrogen-bond acceptors (Lipinski definition) is 4. The van der Waals surface area contributed by atoms with Crippen LogP contribution in [0.2, 0.25) is 0 Å². The first-order chi connectivity index (χ1) is 8.25. The van der Waals surface area contributed by atoms with Gasteiger partial charge in [-0.1, -0.05) is 17.3 Å². The average Bonchev–Trinajstić information content (AvgIpc) is 2.97. The molecule has 4 nitrogen and oxygen atoms in total. The molecule has 0 aliphatic carbocycles. The van der Waals surface area contributed by atoms with Crippen LogP contribution in [0.25, 0.3) is 11.3 Å². The van der Waals surface area contributed by atoms with E-state index in [9.17, 15) is 4.79 Å². The van der Waals surface area contributed by atoms with Crippen molar-refractivity contribution < 1.29 is 14.4 Å². The normalized spacial score (nSPS) is 13.6. The van der Waals surface area contributed by atoms with Crippen molar-refractivity contribution in [3.05, 3.63) is 35.6 Å². The summed E-state index contributed by atoms with van der Waals surface area (Å²) in [7, 11) is 0. The molecule has 1 aliphatic rings. The molecule has 0 bridgehead atoms. The number of hydrogen-bond donors (Lipinski definition) is 1. The Morgan fingerprint density at radius 3 is 3.12 bits per heavy atom. The molecule has 0 spiro atoms. The molecule has 3 rings (SSSR count). The summed E-state index contributed by atoms with van der Waals surface area (Å²) in [5, 5.41) is 12.6. The van der Waals surface area contributed by atoms with E-state index in [1.54, 1.807) is 0 Å². The summed E-state index contributed by atoms with van der Waals surface area (Å²) in [6, 6.07) is 7.46. The number of thioether (sulfide) groups is 1. The Hall–Kier alpha value is -1.75. The molecule has 0 saturated carbocycles. The number of carboxylic acid groups (broad SMARTS) is 1. The number of aromatic nitrogens is 1. The standard InChI is InChI=1S/C12H9NO3S/c14-12(15)10-6-9(13-16-10)7-2-1-3-11-8(7)4-5-17-11/h1-3,6H,4-5H2,(H,14,15). The Kier molecular flexibility index (Phi) is 2.40. The summed E-state index contributed by atoms with van der Waals surface area (Å²) < 4.78 is 4.78. The topological polar surface area (TPSA) is 63.3 Å². The minimum Gasteiger partial charge on any atom is -0.475 e. The van der Waals surface area contributed by atoms with Crippen LogP contribution in [0.3, 0.4) is 0 Å². The number of nitrogens with zero attached hydrogens (tertiary/aromatic N) is 1. The van der Waals surface area contributed by atoms with E-state index in [0.717, 1.165) is 17.7 Å². The van der Waals surface area contributed by atoms with Crippen LogP contribution in [0.5, 0.6) is 0 Å².